The number of benzene rings is 8. The van der Waals surface area contributed by atoms with E-state index in [4.69, 9.17) is 4.99 Å². The quantitative estimate of drug-likeness (QED) is 0.178. The fourth-order valence-electron chi connectivity index (χ4n) is 8.93. The van der Waals surface area contributed by atoms with E-state index in [9.17, 15) is 5.26 Å². The van der Waals surface area contributed by atoms with Crippen molar-refractivity contribution in [2.75, 3.05) is 0 Å². The molecule has 1 aliphatic rings. The molecule has 0 saturated heterocycles. The van der Waals surface area contributed by atoms with Crippen molar-refractivity contribution in [1.29, 1.82) is 5.26 Å². The number of nitrogens with zero attached hydrogens (tertiary/aromatic N) is 4. The molecule has 2 aromatic heterocycles. The molecule has 10 aromatic rings. The molecular weight excluding hydrogens is 709 g/mol. The molecule has 2 unspecified atom stereocenters. The monoisotopic (exact) mass is 744 g/mol. The van der Waals surface area contributed by atoms with E-state index in [0.29, 0.717) is 5.56 Å². The van der Waals surface area contributed by atoms with Crippen molar-refractivity contribution >= 4 is 49.4 Å². The summed E-state index contributed by atoms with van der Waals surface area (Å²) in [5, 5.41) is 22.7. The molecule has 2 N–H and O–H groups in total. The summed E-state index contributed by atoms with van der Waals surface area (Å²) in [4.78, 5) is 5.34. The van der Waals surface area contributed by atoms with Crippen LogP contribution < -0.4 is 10.6 Å². The maximum absolute atomic E-state index is 10.7. The summed E-state index contributed by atoms with van der Waals surface area (Å²) in [6.07, 6.45) is -0.564. The predicted octanol–water partition coefficient (Wildman–Crippen LogP) is 11.8. The molecule has 0 aliphatic carbocycles. The zero-order valence-electron chi connectivity index (χ0n) is 31.4. The lowest BCUT2D eigenvalue weighted by Crippen LogP contribution is -2.45. The minimum atomic E-state index is -0.384. The Bertz CT molecular complexity index is 3240. The highest BCUT2D eigenvalue weighted by Crippen LogP contribution is 2.45. The highest BCUT2D eigenvalue weighted by atomic mass is 15.3. The van der Waals surface area contributed by atoms with Crippen molar-refractivity contribution in [3.8, 4) is 28.6 Å². The second kappa shape index (κ2) is 13.8. The molecule has 274 valence electrons. The predicted molar refractivity (Wildman–Crippen MR) is 236 cm³/mol. The normalized spacial score (nSPS) is 15.4. The SMILES string of the molecule is N#Cc1cc(-c2cccc3c2c2ccccc2n3-c2ccccc2)c2c3ccccc3n(-c3ccccc3C3N=C(c4ccccc4)NC(c4ccccc4)N3)c2c1. The molecule has 6 heteroatoms. The summed E-state index contributed by atoms with van der Waals surface area (Å²) in [7, 11) is 0. The fourth-order valence-corrected chi connectivity index (χ4v) is 8.93. The van der Waals surface area contributed by atoms with Crippen LogP contribution in [0.15, 0.2) is 199 Å². The van der Waals surface area contributed by atoms with Crippen LogP contribution in [-0.2, 0) is 0 Å². The Labute approximate surface area is 335 Å². The van der Waals surface area contributed by atoms with Gasteiger partial charge in [-0.3, -0.25) is 5.32 Å². The van der Waals surface area contributed by atoms with Crippen molar-refractivity contribution in [3.05, 3.63) is 216 Å². The molecule has 8 aromatic carbocycles. The lowest BCUT2D eigenvalue weighted by molar-refractivity contribution is 0.408. The Morgan fingerprint density at radius 3 is 1.86 bits per heavy atom. The van der Waals surface area contributed by atoms with E-state index in [1.165, 1.54) is 5.39 Å². The van der Waals surface area contributed by atoms with Gasteiger partial charge in [-0.1, -0.05) is 146 Å². The van der Waals surface area contributed by atoms with Crippen LogP contribution in [-0.4, -0.2) is 15.0 Å². The van der Waals surface area contributed by atoms with E-state index < -0.39 is 0 Å². The van der Waals surface area contributed by atoms with Gasteiger partial charge in [0.15, 0.2) is 0 Å². The third-order valence-corrected chi connectivity index (χ3v) is 11.4. The van der Waals surface area contributed by atoms with Gasteiger partial charge in [-0.15, -0.1) is 0 Å². The molecule has 0 fully saturated rings. The third kappa shape index (κ3) is 5.41. The van der Waals surface area contributed by atoms with E-state index in [1.807, 2.05) is 30.3 Å². The van der Waals surface area contributed by atoms with Gasteiger partial charge < -0.3 is 14.5 Å². The molecule has 2 atom stereocenters. The molecule has 0 spiro atoms. The Hall–Kier alpha value is -7.72. The summed E-state index contributed by atoms with van der Waals surface area (Å²) in [5.41, 5.74) is 12.3. The van der Waals surface area contributed by atoms with Crippen molar-refractivity contribution in [2.45, 2.75) is 12.3 Å². The van der Waals surface area contributed by atoms with Crippen LogP contribution in [0.4, 0.5) is 0 Å². The van der Waals surface area contributed by atoms with Gasteiger partial charge in [0, 0.05) is 38.4 Å². The summed E-state index contributed by atoms with van der Waals surface area (Å²) < 4.78 is 4.68. The van der Waals surface area contributed by atoms with Crippen LogP contribution in [0.25, 0.3) is 66.1 Å². The highest BCUT2D eigenvalue weighted by Gasteiger charge is 2.29. The third-order valence-electron chi connectivity index (χ3n) is 11.4. The average molecular weight is 745 g/mol. The first-order chi connectivity index (χ1) is 28.7. The van der Waals surface area contributed by atoms with Crippen LogP contribution in [0.1, 0.15) is 34.6 Å². The molecule has 6 nitrogen and oxygen atoms in total. The topological polar surface area (TPSA) is 70.1 Å². The van der Waals surface area contributed by atoms with Crippen LogP contribution in [0.3, 0.4) is 0 Å². The fraction of sp³-hybridized carbons (Fsp3) is 0.0385. The van der Waals surface area contributed by atoms with Gasteiger partial charge in [-0.2, -0.15) is 5.26 Å². The number of amidine groups is 1. The summed E-state index contributed by atoms with van der Waals surface area (Å²) in [6.45, 7) is 0. The first kappa shape index (κ1) is 33.6. The van der Waals surface area contributed by atoms with Gasteiger partial charge in [0.25, 0.3) is 0 Å². The smallest absolute Gasteiger partial charge is 0.131 e. The minimum absolute atomic E-state index is 0.180. The second-order valence-electron chi connectivity index (χ2n) is 14.7. The largest absolute Gasteiger partial charge is 0.350 e. The first-order valence-electron chi connectivity index (χ1n) is 19.6. The molecular formula is C52H36N6. The number of aromatic nitrogens is 2. The number of aliphatic imine (C=N–C) groups is 1. The zero-order valence-corrected chi connectivity index (χ0v) is 31.4. The van der Waals surface area contributed by atoms with Crippen LogP contribution in [0.5, 0.6) is 0 Å². The number of fused-ring (bicyclic) bond motifs is 6. The highest BCUT2D eigenvalue weighted by molar-refractivity contribution is 6.22. The standard InChI is InChI=1S/C52H36N6/c53-33-34-31-42(38-26-16-30-46-48(38)39-23-10-13-27-43(39)57(46)37-21-8-3-9-22-37)49-40-24-11-14-28-44(40)58(47(49)32-34)45-29-15-12-25-41(45)52-55-50(35-17-4-1-5-18-35)54-51(56-52)36-19-6-2-7-20-36/h1-32,50,52,55H,(H,54,56). The zero-order chi connectivity index (χ0) is 38.6. The Kier molecular flexibility index (Phi) is 7.99. The summed E-state index contributed by atoms with van der Waals surface area (Å²) in [5.74, 6) is 0.826. The number of nitriles is 1. The maximum atomic E-state index is 10.7. The van der Waals surface area contributed by atoms with E-state index in [0.717, 1.165) is 83.3 Å². The number of hydrogen-bond donors (Lipinski definition) is 2. The number of nitrogens with one attached hydrogen (secondary N) is 2. The molecule has 3 heterocycles. The second-order valence-corrected chi connectivity index (χ2v) is 14.7. The molecule has 0 radical (unpaired) electrons. The molecule has 1 aliphatic heterocycles. The van der Waals surface area contributed by atoms with Gasteiger partial charge >= 0.3 is 0 Å². The van der Waals surface area contributed by atoms with E-state index in [-0.39, 0.29) is 12.3 Å². The van der Waals surface area contributed by atoms with Crippen LogP contribution in [0, 0.1) is 11.3 Å². The van der Waals surface area contributed by atoms with Crippen molar-refractivity contribution in [2.24, 2.45) is 4.99 Å². The molecule has 0 saturated carbocycles. The van der Waals surface area contributed by atoms with Gasteiger partial charge in [-0.05, 0) is 65.2 Å². The summed E-state index contributed by atoms with van der Waals surface area (Å²) in [6, 6.07) is 70.2. The van der Waals surface area contributed by atoms with E-state index in [2.05, 4.69) is 190 Å². The van der Waals surface area contributed by atoms with Crippen LogP contribution in [0.2, 0.25) is 0 Å². The number of rotatable bonds is 6. The minimum Gasteiger partial charge on any atom is -0.350 e. The van der Waals surface area contributed by atoms with Gasteiger partial charge in [0.05, 0.1) is 39.4 Å². The van der Waals surface area contributed by atoms with Gasteiger partial charge in [0.2, 0.25) is 0 Å². The van der Waals surface area contributed by atoms with Crippen LogP contribution >= 0.6 is 0 Å². The van der Waals surface area contributed by atoms with Gasteiger partial charge in [0.1, 0.15) is 18.2 Å². The lowest BCUT2D eigenvalue weighted by atomic mass is 9.94. The molecule has 0 bridgehead atoms. The molecule has 58 heavy (non-hydrogen) atoms. The molecule has 11 rings (SSSR count). The van der Waals surface area contributed by atoms with E-state index in [1.54, 1.807) is 0 Å². The average Bonchev–Trinajstić information content (AvgIpc) is 3.82. The maximum Gasteiger partial charge on any atom is 0.131 e. The lowest BCUT2D eigenvalue weighted by Gasteiger charge is -2.33. The van der Waals surface area contributed by atoms with E-state index >= 15 is 0 Å². The Morgan fingerprint density at radius 1 is 0.517 bits per heavy atom. The molecule has 0 amide bonds. The Balaban J connectivity index is 1.17. The number of para-hydroxylation sites is 4. The Morgan fingerprint density at radius 2 is 1.12 bits per heavy atom. The van der Waals surface area contributed by atoms with Crippen molar-refractivity contribution in [3.63, 3.8) is 0 Å². The first-order valence-corrected chi connectivity index (χ1v) is 19.6. The summed E-state index contributed by atoms with van der Waals surface area (Å²) >= 11 is 0. The van der Waals surface area contributed by atoms with Crippen molar-refractivity contribution in [1.82, 2.24) is 19.8 Å². The number of hydrogen-bond acceptors (Lipinski definition) is 4. The van der Waals surface area contributed by atoms with Crippen molar-refractivity contribution < 1.29 is 0 Å². The van der Waals surface area contributed by atoms with Gasteiger partial charge in [-0.25, -0.2) is 4.99 Å².